The van der Waals surface area contributed by atoms with E-state index in [2.05, 4.69) is 31.7 Å². The molecule has 96 valence electrons. The number of pyridine rings is 1. The van der Waals surface area contributed by atoms with E-state index in [0.29, 0.717) is 0 Å². The van der Waals surface area contributed by atoms with Crippen molar-refractivity contribution in [3.8, 4) is 0 Å². The zero-order chi connectivity index (χ0) is 12.9. The highest BCUT2D eigenvalue weighted by atomic mass is 15.1. The van der Waals surface area contributed by atoms with Crippen LogP contribution in [0.4, 0.5) is 0 Å². The summed E-state index contributed by atoms with van der Waals surface area (Å²) in [6, 6.07) is 5.79. The van der Waals surface area contributed by atoms with Gasteiger partial charge < -0.3 is 5.32 Å². The van der Waals surface area contributed by atoms with E-state index in [1.807, 2.05) is 36.8 Å². The van der Waals surface area contributed by atoms with Gasteiger partial charge in [-0.1, -0.05) is 12.1 Å². The van der Waals surface area contributed by atoms with Crippen LogP contribution in [0, 0.1) is 0 Å². The lowest BCUT2D eigenvalue weighted by Gasteiger charge is -2.19. The lowest BCUT2D eigenvalue weighted by Crippen LogP contribution is -2.44. The van der Waals surface area contributed by atoms with Gasteiger partial charge in [-0.05, 0) is 12.1 Å². The molecular weight excluding hydrogens is 238 g/mol. The summed E-state index contributed by atoms with van der Waals surface area (Å²) < 4.78 is 0. The molecule has 1 aromatic heterocycles. The smallest absolute Gasteiger partial charge is 0.114 e. The highest BCUT2D eigenvalue weighted by Gasteiger charge is 2.11. The number of allylic oxidation sites excluding steroid dienone is 1. The fraction of sp³-hybridized carbons (Fsp3) is 0.214. The Morgan fingerprint density at radius 3 is 3.05 bits per heavy atom. The third kappa shape index (κ3) is 2.95. The SMILES string of the molecule is C1=CN=C(CNC2C=NC(c3ccccn3)=CN2)C1. The van der Waals surface area contributed by atoms with E-state index in [-0.39, 0.29) is 6.17 Å². The molecule has 2 aliphatic heterocycles. The largest absolute Gasteiger partial charge is 0.369 e. The summed E-state index contributed by atoms with van der Waals surface area (Å²) in [6.45, 7) is 0.767. The Morgan fingerprint density at radius 2 is 2.37 bits per heavy atom. The molecule has 0 fully saturated rings. The van der Waals surface area contributed by atoms with Crippen LogP contribution in [0.2, 0.25) is 0 Å². The fourth-order valence-electron chi connectivity index (χ4n) is 1.91. The first-order valence-corrected chi connectivity index (χ1v) is 6.27. The highest BCUT2D eigenvalue weighted by molar-refractivity contribution is 5.90. The number of aromatic nitrogens is 1. The Labute approximate surface area is 111 Å². The first-order chi connectivity index (χ1) is 9.42. The molecular formula is C14H15N5. The van der Waals surface area contributed by atoms with Crippen molar-refractivity contribution in [3.05, 3.63) is 48.6 Å². The zero-order valence-corrected chi connectivity index (χ0v) is 10.5. The number of nitrogens with zero attached hydrogens (tertiary/aromatic N) is 3. The molecule has 0 saturated heterocycles. The number of nitrogens with one attached hydrogen (secondary N) is 2. The summed E-state index contributed by atoms with van der Waals surface area (Å²) in [7, 11) is 0. The molecule has 0 spiro atoms. The molecule has 3 heterocycles. The maximum atomic E-state index is 4.42. The normalized spacial score (nSPS) is 20.9. The molecule has 5 heteroatoms. The van der Waals surface area contributed by atoms with Crippen molar-refractivity contribution >= 4 is 17.6 Å². The molecule has 5 nitrogen and oxygen atoms in total. The van der Waals surface area contributed by atoms with Gasteiger partial charge in [0.2, 0.25) is 0 Å². The minimum absolute atomic E-state index is 0.0377. The van der Waals surface area contributed by atoms with Gasteiger partial charge in [0.1, 0.15) is 11.9 Å². The van der Waals surface area contributed by atoms with Crippen molar-refractivity contribution in [3.63, 3.8) is 0 Å². The van der Waals surface area contributed by atoms with Crippen LogP contribution in [-0.2, 0) is 0 Å². The molecule has 0 aromatic carbocycles. The van der Waals surface area contributed by atoms with Crippen LogP contribution in [0.5, 0.6) is 0 Å². The van der Waals surface area contributed by atoms with Gasteiger partial charge in [-0.2, -0.15) is 0 Å². The second-order valence-corrected chi connectivity index (χ2v) is 4.33. The standard InChI is InChI=1S/C14H15N5/c1-2-6-16-12(5-1)13-9-19-14(10-17-13)18-8-11-4-3-7-15-11/h1-3,5-7,9-10,14,18-19H,4,8H2. The molecule has 3 rings (SSSR count). The molecule has 0 amide bonds. The lowest BCUT2D eigenvalue weighted by molar-refractivity contribution is 0.625. The van der Waals surface area contributed by atoms with Crippen molar-refractivity contribution in [1.82, 2.24) is 15.6 Å². The maximum absolute atomic E-state index is 4.42. The van der Waals surface area contributed by atoms with E-state index in [4.69, 9.17) is 0 Å². The van der Waals surface area contributed by atoms with Gasteiger partial charge in [0.15, 0.2) is 0 Å². The van der Waals surface area contributed by atoms with Crippen molar-refractivity contribution < 1.29 is 0 Å². The van der Waals surface area contributed by atoms with Crippen LogP contribution in [0.15, 0.2) is 52.9 Å². The van der Waals surface area contributed by atoms with E-state index in [9.17, 15) is 0 Å². The number of hydrogen-bond donors (Lipinski definition) is 2. The van der Waals surface area contributed by atoms with Crippen LogP contribution in [0.3, 0.4) is 0 Å². The van der Waals surface area contributed by atoms with E-state index in [0.717, 1.165) is 30.1 Å². The third-order valence-electron chi connectivity index (χ3n) is 2.93. The van der Waals surface area contributed by atoms with Crippen molar-refractivity contribution in [2.75, 3.05) is 6.54 Å². The van der Waals surface area contributed by atoms with Crippen molar-refractivity contribution in [2.45, 2.75) is 12.6 Å². The average molecular weight is 253 g/mol. The zero-order valence-electron chi connectivity index (χ0n) is 10.5. The molecule has 0 bridgehead atoms. The van der Waals surface area contributed by atoms with Crippen molar-refractivity contribution in [2.24, 2.45) is 9.98 Å². The van der Waals surface area contributed by atoms with Crippen LogP contribution in [0.25, 0.3) is 5.70 Å². The molecule has 19 heavy (non-hydrogen) atoms. The van der Waals surface area contributed by atoms with Gasteiger partial charge in [-0.3, -0.25) is 20.3 Å². The van der Waals surface area contributed by atoms with Gasteiger partial charge >= 0.3 is 0 Å². The first-order valence-electron chi connectivity index (χ1n) is 6.27. The molecule has 0 saturated carbocycles. The van der Waals surface area contributed by atoms with Gasteiger partial charge in [0.25, 0.3) is 0 Å². The Balaban J connectivity index is 1.54. The van der Waals surface area contributed by atoms with E-state index < -0.39 is 0 Å². The second kappa shape index (κ2) is 5.58. The quantitative estimate of drug-likeness (QED) is 0.851. The monoisotopic (exact) mass is 253 g/mol. The predicted molar refractivity (Wildman–Crippen MR) is 76.8 cm³/mol. The summed E-state index contributed by atoms with van der Waals surface area (Å²) in [5, 5.41) is 6.59. The summed E-state index contributed by atoms with van der Waals surface area (Å²) in [5.74, 6) is 0. The highest BCUT2D eigenvalue weighted by Crippen LogP contribution is 2.13. The topological polar surface area (TPSA) is 61.7 Å². The third-order valence-corrected chi connectivity index (χ3v) is 2.93. The van der Waals surface area contributed by atoms with Gasteiger partial charge in [-0.15, -0.1) is 0 Å². The minimum Gasteiger partial charge on any atom is -0.369 e. The predicted octanol–water partition coefficient (Wildman–Crippen LogP) is 1.33. The number of rotatable bonds is 4. The van der Waals surface area contributed by atoms with Crippen LogP contribution >= 0.6 is 0 Å². The van der Waals surface area contributed by atoms with Gasteiger partial charge in [0, 0.05) is 43.5 Å². The van der Waals surface area contributed by atoms with Crippen LogP contribution in [-0.4, -0.2) is 29.6 Å². The number of aliphatic imine (C=N–C) groups is 2. The van der Waals surface area contributed by atoms with Crippen LogP contribution in [0.1, 0.15) is 12.1 Å². The summed E-state index contributed by atoms with van der Waals surface area (Å²) >= 11 is 0. The molecule has 1 aromatic rings. The van der Waals surface area contributed by atoms with E-state index >= 15 is 0 Å². The molecule has 2 aliphatic rings. The van der Waals surface area contributed by atoms with E-state index in [1.54, 1.807) is 6.20 Å². The average Bonchev–Trinajstić information content (AvgIpc) is 3.00. The molecule has 0 radical (unpaired) electrons. The molecule has 1 unspecified atom stereocenters. The summed E-state index contributed by atoms with van der Waals surface area (Å²) in [6.07, 6.45) is 10.4. The number of hydrogen-bond acceptors (Lipinski definition) is 5. The Bertz CT molecular complexity index is 556. The maximum Gasteiger partial charge on any atom is 0.114 e. The second-order valence-electron chi connectivity index (χ2n) is 4.33. The first kappa shape index (κ1) is 11.8. The van der Waals surface area contributed by atoms with Crippen molar-refractivity contribution in [1.29, 1.82) is 0 Å². The Kier molecular flexibility index (Phi) is 3.47. The Hall–Kier alpha value is -2.27. The molecule has 1 atom stereocenters. The summed E-state index contributed by atoms with van der Waals surface area (Å²) in [4.78, 5) is 12.9. The minimum atomic E-state index is 0.0377. The molecule has 2 N–H and O–H groups in total. The van der Waals surface area contributed by atoms with Crippen LogP contribution < -0.4 is 10.6 Å². The Morgan fingerprint density at radius 1 is 1.37 bits per heavy atom. The molecule has 0 aliphatic carbocycles. The fourth-order valence-corrected chi connectivity index (χ4v) is 1.91. The lowest BCUT2D eigenvalue weighted by atomic mass is 10.2. The van der Waals surface area contributed by atoms with Gasteiger partial charge in [-0.25, -0.2) is 0 Å². The summed E-state index contributed by atoms with van der Waals surface area (Å²) in [5.41, 5.74) is 2.86. The van der Waals surface area contributed by atoms with Gasteiger partial charge in [0.05, 0.1) is 5.69 Å². The van der Waals surface area contributed by atoms with E-state index in [1.165, 1.54) is 0 Å².